The summed E-state index contributed by atoms with van der Waals surface area (Å²) in [6, 6.07) is 13.1. The number of benzene rings is 2. The van der Waals surface area contributed by atoms with Crippen molar-refractivity contribution in [1.29, 1.82) is 0 Å². The second kappa shape index (κ2) is 19.5. The molecule has 4 N–H and O–H groups in total. The number of hydrogen-bond donors (Lipinski definition) is 4. The van der Waals surface area contributed by atoms with E-state index in [0.29, 0.717) is 22.9 Å². The molecule has 0 saturated heterocycles. The highest BCUT2D eigenvalue weighted by molar-refractivity contribution is 5.77. The Labute approximate surface area is 235 Å². The molecule has 3 rings (SSSR count). The van der Waals surface area contributed by atoms with Gasteiger partial charge in [0, 0.05) is 31.0 Å². The molecule has 0 spiro atoms. The maximum absolute atomic E-state index is 14.3. The molecule has 0 amide bonds. The Morgan fingerprint density at radius 2 is 1.62 bits per heavy atom. The summed E-state index contributed by atoms with van der Waals surface area (Å²) in [6.07, 6.45) is 3.91. The van der Waals surface area contributed by atoms with E-state index in [1.807, 2.05) is 51.1 Å². The molecule has 0 radical (unpaired) electrons. The van der Waals surface area contributed by atoms with Crippen LogP contribution in [-0.4, -0.2) is 43.9 Å². The summed E-state index contributed by atoms with van der Waals surface area (Å²) in [5.74, 6) is 0.846. The zero-order valence-corrected chi connectivity index (χ0v) is 25.3. The van der Waals surface area contributed by atoms with Crippen LogP contribution in [0.25, 0.3) is 11.1 Å². The van der Waals surface area contributed by atoms with Crippen molar-refractivity contribution < 1.29 is 9.18 Å². The fraction of sp³-hybridized carbons (Fsp3) is 0.452. The summed E-state index contributed by atoms with van der Waals surface area (Å²) in [4.78, 5) is 17.1. The van der Waals surface area contributed by atoms with Crippen molar-refractivity contribution >= 4 is 29.9 Å². The summed E-state index contributed by atoms with van der Waals surface area (Å²) in [5.41, 5.74) is 4.50. The fourth-order valence-electron chi connectivity index (χ4n) is 3.00. The monoisotopic (exact) mass is 540 g/mol. The minimum Gasteiger partial charge on any atom is -0.386 e. The van der Waals surface area contributed by atoms with E-state index in [2.05, 4.69) is 72.8 Å². The largest absolute Gasteiger partial charge is 0.386 e. The average Bonchev–Trinajstić information content (AvgIpc) is 2.87. The number of carbonyl (C=O) groups excluding carboxylic acids is 1. The minimum absolute atomic E-state index is 0.312. The maximum Gasteiger partial charge on any atom is 0.229 e. The predicted molar refractivity (Wildman–Crippen MR) is 167 cm³/mol. The van der Waals surface area contributed by atoms with Gasteiger partial charge in [0.15, 0.2) is 0 Å². The van der Waals surface area contributed by atoms with E-state index in [1.165, 1.54) is 12.5 Å². The second-order valence-corrected chi connectivity index (χ2v) is 10.5. The van der Waals surface area contributed by atoms with Gasteiger partial charge in [-0.15, -0.1) is 0 Å². The Morgan fingerprint density at radius 1 is 0.974 bits per heavy atom. The highest BCUT2D eigenvalue weighted by Crippen LogP contribution is 2.30. The Kier molecular flexibility index (Phi) is 17.8. The number of aryl methyl sites for hydroxylation is 1. The summed E-state index contributed by atoms with van der Waals surface area (Å²) in [6.45, 7) is 18.7. The third-order valence-corrected chi connectivity index (χ3v) is 4.51. The molecule has 0 bridgehead atoms. The van der Waals surface area contributed by atoms with Gasteiger partial charge in [-0.2, -0.15) is 4.98 Å². The van der Waals surface area contributed by atoms with Crippen molar-refractivity contribution in [2.45, 2.75) is 61.3 Å². The molecule has 0 fully saturated rings. The molecule has 1 heterocycles. The van der Waals surface area contributed by atoms with Crippen LogP contribution < -0.4 is 21.3 Å². The van der Waals surface area contributed by atoms with Crippen molar-refractivity contribution in [3.05, 3.63) is 60.0 Å². The SMILES string of the molecule is C=O.CC(C)(C)C.CCC.CNCCCNc1nc(Nc2cccc(C)c2)ncc1-c1ccc(NC)c(F)c1. The van der Waals surface area contributed by atoms with Crippen molar-refractivity contribution in [3.63, 3.8) is 0 Å². The van der Waals surface area contributed by atoms with Crippen LogP contribution in [0.3, 0.4) is 0 Å². The van der Waals surface area contributed by atoms with Crippen LogP contribution >= 0.6 is 0 Å². The number of rotatable bonds is 9. The first kappa shape index (κ1) is 35.5. The zero-order chi connectivity index (χ0) is 29.8. The van der Waals surface area contributed by atoms with E-state index in [0.717, 1.165) is 41.9 Å². The first-order valence-corrected chi connectivity index (χ1v) is 13.4. The summed E-state index contributed by atoms with van der Waals surface area (Å²) in [5, 5.41) is 12.6. The van der Waals surface area contributed by atoms with Gasteiger partial charge in [-0.05, 0) is 67.7 Å². The first-order valence-electron chi connectivity index (χ1n) is 13.4. The van der Waals surface area contributed by atoms with Gasteiger partial charge < -0.3 is 26.1 Å². The van der Waals surface area contributed by atoms with Crippen molar-refractivity contribution in [2.75, 3.05) is 43.1 Å². The van der Waals surface area contributed by atoms with Gasteiger partial charge in [0.25, 0.3) is 0 Å². The normalized spacial score (nSPS) is 10.0. The Balaban J connectivity index is 0.00000125. The number of carbonyl (C=O) groups is 1. The fourth-order valence-corrected chi connectivity index (χ4v) is 3.00. The maximum atomic E-state index is 14.3. The van der Waals surface area contributed by atoms with Crippen molar-refractivity contribution in [1.82, 2.24) is 15.3 Å². The molecule has 0 aliphatic carbocycles. The summed E-state index contributed by atoms with van der Waals surface area (Å²) >= 11 is 0. The summed E-state index contributed by atoms with van der Waals surface area (Å²) < 4.78 is 14.3. The Morgan fingerprint density at radius 3 is 2.15 bits per heavy atom. The number of anilines is 4. The molecule has 39 heavy (non-hydrogen) atoms. The lowest BCUT2D eigenvalue weighted by Gasteiger charge is -2.14. The van der Waals surface area contributed by atoms with Crippen LogP contribution in [0.4, 0.5) is 27.5 Å². The van der Waals surface area contributed by atoms with E-state index in [4.69, 9.17) is 4.79 Å². The average molecular weight is 541 g/mol. The van der Waals surface area contributed by atoms with Gasteiger partial charge >= 0.3 is 0 Å². The molecule has 7 nitrogen and oxygen atoms in total. The van der Waals surface area contributed by atoms with Crippen molar-refractivity contribution in [2.24, 2.45) is 5.41 Å². The quantitative estimate of drug-likeness (QED) is 0.207. The summed E-state index contributed by atoms with van der Waals surface area (Å²) in [7, 11) is 3.62. The molecule has 8 heteroatoms. The third kappa shape index (κ3) is 15.5. The molecule has 0 unspecified atom stereocenters. The molecular formula is C31H49FN6O. The number of aromatic nitrogens is 2. The predicted octanol–water partition coefficient (Wildman–Crippen LogP) is 7.68. The van der Waals surface area contributed by atoms with E-state index in [-0.39, 0.29) is 5.82 Å². The molecular weight excluding hydrogens is 491 g/mol. The van der Waals surface area contributed by atoms with Gasteiger partial charge in [0.1, 0.15) is 18.4 Å². The van der Waals surface area contributed by atoms with Gasteiger partial charge in [-0.1, -0.05) is 66.2 Å². The topological polar surface area (TPSA) is 91.0 Å². The van der Waals surface area contributed by atoms with Crippen LogP contribution in [0.5, 0.6) is 0 Å². The molecule has 0 saturated carbocycles. The smallest absolute Gasteiger partial charge is 0.229 e. The minimum atomic E-state index is -0.312. The molecule has 216 valence electrons. The number of halogens is 1. The second-order valence-electron chi connectivity index (χ2n) is 10.5. The van der Waals surface area contributed by atoms with Crippen molar-refractivity contribution in [3.8, 4) is 11.1 Å². The highest BCUT2D eigenvalue weighted by atomic mass is 19.1. The number of hydrogen-bond acceptors (Lipinski definition) is 7. The van der Waals surface area contributed by atoms with Crippen LogP contribution in [0.1, 0.15) is 59.9 Å². The molecule has 1 aromatic heterocycles. The lowest BCUT2D eigenvalue weighted by molar-refractivity contribution is -0.0980. The molecule has 2 aromatic carbocycles. The molecule has 0 aliphatic heterocycles. The van der Waals surface area contributed by atoms with Gasteiger partial charge in [0.2, 0.25) is 5.95 Å². The number of nitrogens with zero attached hydrogens (tertiary/aromatic N) is 2. The third-order valence-electron chi connectivity index (χ3n) is 4.51. The lowest BCUT2D eigenvalue weighted by Crippen LogP contribution is -2.14. The highest BCUT2D eigenvalue weighted by Gasteiger charge is 2.12. The Bertz CT molecular complexity index is 1080. The molecule has 3 aromatic rings. The Hall–Kier alpha value is -3.52. The van der Waals surface area contributed by atoms with E-state index < -0.39 is 0 Å². The number of nitrogens with one attached hydrogen (secondary N) is 4. The van der Waals surface area contributed by atoms with Crippen LogP contribution in [0, 0.1) is 18.2 Å². The first-order chi connectivity index (χ1) is 18.5. The molecule has 0 aliphatic rings. The molecule has 0 atom stereocenters. The van der Waals surface area contributed by atoms with Crippen LogP contribution in [-0.2, 0) is 4.79 Å². The van der Waals surface area contributed by atoms with E-state index in [9.17, 15) is 4.39 Å². The van der Waals surface area contributed by atoms with Gasteiger partial charge in [-0.25, -0.2) is 9.37 Å². The standard InChI is InChI=1S/C22H27FN6.C5H12.C3H8.CH2O/c1-15-6-4-7-17(12-15)28-22-27-14-18(21(29-22)26-11-5-10-24-2)16-8-9-20(25-3)19(23)13-16;1-5(2,3)4;1-3-2;1-2/h4,6-9,12-14,24-25H,5,10-11H2,1-3H3,(H2,26,27,28,29);1-4H3;3H2,1-2H3;1H2. The van der Waals surface area contributed by atoms with Gasteiger partial charge in [-0.3, -0.25) is 0 Å². The zero-order valence-electron chi connectivity index (χ0n) is 25.3. The van der Waals surface area contributed by atoms with Crippen LogP contribution in [0.15, 0.2) is 48.7 Å². The van der Waals surface area contributed by atoms with E-state index >= 15 is 0 Å². The lowest BCUT2D eigenvalue weighted by atomic mass is 10.0. The van der Waals surface area contributed by atoms with E-state index in [1.54, 1.807) is 19.3 Å². The van der Waals surface area contributed by atoms with Gasteiger partial charge in [0.05, 0.1) is 5.69 Å². The van der Waals surface area contributed by atoms with Crippen LogP contribution in [0.2, 0.25) is 0 Å².